The zero-order valence-corrected chi connectivity index (χ0v) is 18.9. The molecule has 5 heteroatoms. The van der Waals surface area contributed by atoms with E-state index in [0.717, 1.165) is 25.0 Å². The van der Waals surface area contributed by atoms with Gasteiger partial charge in [0.15, 0.2) is 0 Å². The van der Waals surface area contributed by atoms with E-state index in [2.05, 4.69) is 38.2 Å². The van der Waals surface area contributed by atoms with E-state index in [1.807, 2.05) is 47.4 Å². The Morgan fingerprint density at radius 2 is 1.81 bits per heavy atom. The van der Waals surface area contributed by atoms with E-state index in [1.54, 1.807) is 0 Å². The van der Waals surface area contributed by atoms with Crippen molar-refractivity contribution in [1.82, 2.24) is 10.2 Å². The summed E-state index contributed by atoms with van der Waals surface area (Å²) >= 11 is 0. The van der Waals surface area contributed by atoms with Crippen LogP contribution in [-0.2, 0) is 16.0 Å². The Morgan fingerprint density at radius 1 is 1.10 bits per heavy atom. The van der Waals surface area contributed by atoms with Gasteiger partial charge in [-0.15, -0.1) is 0 Å². The summed E-state index contributed by atoms with van der Waals surface area (Å²) in [5, 5.41) is 3.22. The van der Waals surface area contributed by atoms with Crippen molar-refractivity contribution in [3.8, 4) is 5.75 Å². The summed E-state index contributed by atoms with van der Waals surface area (Å²) in [5.74, 6) is 0.690. The van der Waals surface area contributed by atoms with Gasteiger partial charge in [0.1, 0.15) is 5.75 Å². The Morgan fingerprint density at radius 3 is 2.55 bits per heavy atom. The Bertz CT molecular complexity index is 879. The number of aryl methyl sites for hydroxylation is 1. The van der Waals surface area contributed by atoms with E-state index in [4.69, 9.17) is 4.74 Å². The Balaban J connectivity index is 1.49. The van der Waals surface area contributed by atoms with Crippen LogP contribution in [0.4, 0.5) is 0 Å². The van der Waals surface area contributed by atoms with Gasteiger partial charge in [-0.2, -0.15) is 0 Å². The van der Waals surface area contributed by atoms with Crippen LogP contribution in [-0.4, -0.2) is 41.9 Å². The maximum Gasteiger partial charge on any atom is 0.226 e. The highest BCUT2D eigenvalue weighted by atomic mass is 16.5. The molecule has 3 rings (SSSR count). The number of likely N-dealkylation sites (tertiary alicyclic amines) is 1. The lowest BCUT2D eigenvalue weighted by molar-refractivity contribution is -0.136. The molecule has 1 N–H and O–H groups in total. The fourth-order valence-electron chi connectivity index (χ4n) is 4.11. The van der Waals surface area contributed by atoms with Crippen molar-refractivity contribution in [2.75, 3.05) is 19.7 Å². The van der Waals surface area contributed by atoms with Crippen molar-refractivity contribution < 1.29 is 14.3 Å². The molecule has 31 heavy (non-hydrogen) atoms. The largest absolute Gasteiger partial charge is 0.493 e. The third-order valence-electron chi connectivity index (χ3n) is 5.83. The van der Waals surface area contributed by atoms with Gasteiger partial charge in [-0.3, -0.25) is 9.59 Å². The lowest BCUT2D eigenvalue weighted by atomic mass is 9.90. The van der Waals surface area contributed by atoms with Gasteiger partial charge in [0, 0.05) is 18.6 Å². The van der Waals surface area contributed by atoms with E-state index in [0.29, 0.717) is 26.1 Å². The fraction of sp³-hybridized carbons (Fsp3) is 0.462. The van der Waals surface area contributed by atoms with E-state index in [-0.39, 0.29) is 23.3 Å². The van der Waals surface area contributed by atoms with Crippen LogP contribution in [0.5, 0.6) is 5.75 Å². The van der Waals surface area contributed by atoms with Gasteiger partial charge in [0.2, 0.25) is 11.8 Å². The minimum absolute atomic E-state index is 0.0385. The van der Waals surface area contributed by atoms with E-state index < -0.39 is 0 Å². The Labute approximate surface area is 185 Å². The number of para-hydroxylation sites is 1. The van der Waals surface area contributed by atoms with Crippen LogP contribution in [0.25, 0.3) is 0 Å². The molecule has 1 aliphatic heterocycles. The molecule has 1 atom stereocenters. The molecule has 2 aromatic rings. The number of carbonyl (C=O) groups excluding carboxylic acids is 2. The van der Waals surface area contributed by atoms with Gasteiger partial charge < -0.3 is 15.0 Å². The predicted octanol–water partition coefficient (Wildman–Crippen LogP) is 4.14. The SMILES string of the molecule is Cc1ccccc1CC(C)(C)NC(=O)C1CCCN(C(=O)CCOc2ccccc2)C1. The monoisotopic (exact) mass is 422 g/mol. The number of piperidine rings is 1. The zero-order chi connectivity index (χ0) is 22.3. The normalized spacial score (nSPS) is 16.6. The summed E-state index contributed by atoms with van der Waals surface area (Å²) in [7, 11) is 0. The van der Waals surface area contributed by atoms with E-state index in [1.165, 1.54) is 11.1 Å². The third kappa shape index (κ3) is 6.84. The van der Waals surface area contributed by atoms with Crippen molar-refractivity contribution in [3.63, 3.8) is 0 Å². The number of amides is 2. The molecule has 0 aliphatic carbocycles. The molecule has 1 heterocycles. The molecule has 0 bridgehead atoms. The number of hydrogen-bond donors (Lipinski definition) is 1. The highest BCUT2D eigenvalue weighted by Gasteiger charge is 2.31. The number of benzene rings is 2. The molecule has 5 nitrogen and oxygen atoms in total. The van der Waals surface area contributed by atoms with Gasteiger partial charge in [0.25, 0.3) is 0 Å². The molecular formula is C26H34N2O3. The number of carbonyl (C=O) groups is 2. The minimum atomic E-state index is -0.348. The molecule has 166 valence electrons. The lowest BCUT2D eigenvalue weighted by Gasteiger charge is -2.35. The Kier molecular flexibility index (Phi) is 7.72. The molecule has 1 saturated heterocycles. The van der Waals surface area contributed by atoms with Crippen molar-refractivity contribution in [3.05, 3.63) is 65.7 Å². The van der Waals surface area contributed by atoms with Crippen molar-refractivity contribution in [2.45, 2.75) is 52.0 Å². The maximum absolute atomic E-state index is 13.0. The predicted molar refractivity (Wildman–Crippen MR) is 123 cm³/mol. The second-order valence-corrected chi connectivity index (χ2v) is 9.07. The zero-order valence-electron chi connectivity index (χ0n) is 18.9. The maximum atomic E-state index is 13.0. The first-order chi connectivity index (χ1) is 14.8. The number of ether oxygens (including phenoxy) is 1. The van der Waals surface area contributed by atoms with E-state index >= 15 is 0 Å². The van der Waals surface area contributed by atoms with Gasteiger partial charge >= 0.3 is 0 Å². The first-order valence-electron chi connectivity index (χ1n) is 11.2. The first kappa shape index (κ1) is 22.9. The number of hydrogen-bond acceptors (Lipinski definition) is 3. The summed E-state index contributed by atoms with van der Waals surface area (Å²) in [6.45, 7) is 7.75. The average Bonchev–Trinajstić information content (AvgIpc) is 2.75. The summed E-state index contributed by atoms with van der Waals surface area (Å²) in [6, 6.07) is 17.8. The van der Waals surface area contributed by atoms with Gasteiger partial charge in [0.05, 0.1) is 18.9 Å². The highest BCUT2D eigenvalue weighted by molar-refractivity contribution is 5.82. The van der Waals surface area contributed by atoms with Gasteiger partial charge in [-0.25, -0.2) is 0 Å². The average molecular weight is 423 g/mol. The quantitative estimate of drug-likeness (QED) is 0.696. The standard InChI is InChI=1S/C26H34N2O3/c1-20-10-7-8-11-21(20)18-26(2,3)27-25(30)22-12-9-16-28(19-22)24(29)15-17-31-23-13-5-4-6-14-23/h4-8,10-11,13-14,22H,9,12,15-19H2,1-3H3,(H,27,30). The number of nitrogens with zero attached hydrogens (tertiary/aromatic N) is 1. The van der Waals surface area contributed by atoms with Crippen molar-refractivity contribution >= 4 is 11.8 Å². The van der Waals surface area contributed by atoms with Crippen molar-refractivity contribution in [2.24, 2.45) is 5.92 Å². The van der Waals surface area contributed by atoms with Crippen LogP contribution in [0.3, 0.4) is 0 Å². The van der Waals surface area contributed by atoms with Crippen molar-refractivity contribution in [1.29, 1.82) is 0 Å². The molecule has 0 radical (unpaired) electrons. The number of rotatable bonds is 8. The lowest BCUT2D eigenvalue weighted by Crippen LogP contribution is -2.51. The summed E-state index contributed by atoms with van der Waals surface area (Å²) in [5.41, 5.74) is 2.13. The van der Waals surface area contributed by atoms with Gasteiger partial charge in [-0.1, -0.05) is 42.5 Å². The van der Waals surface area contributed by atoms with Gasteiger partial charge in [-0.05, 0) is 63.3 Å². The third-order valence-corrected chi connectivity index (χ3v) is 5.83. The molecule has 2 amide bonds. The molecule has 1 aliphatic rings. The molecule has 2 aromatic carbocycles. The number of nitrogens with one attached hydrogen (secondary N) is 1. The molecule has 0 saturated carbocycles. The molecule has 0 spiro atoms. The topological polar surface area (TPSA) is 58.6 Å². The minimum Gasteiger partial charge on any atom is -0.493 e. The molecule has 1 fully saturated rings. The van der Waals surface area contributed by atoms with Crippen LogP contribution in [0, 0.1) is 12.8 Å². The molecule has 1 unspecified atom stereocenters. The van der Waals surface area contributed by atoms with Crippen LogP contribution in [0.15, 0.2) is 54.6 Å². The smallest absolute Gasteiger partial charge is 0.226 e. The highest BCUT2D eigenvalue weighted by Crippen LogP contribution is 2.21. The first-order valence-corrected chi connectivity index (χ1v) is 11.2. The van der Waals surface area contributed by atoms with Crippen LogP contribution in [0.1, 0.15) is 44.2 Å². The summed E-state index contributed by atoms with van der Waals surface area (Å²) in [6.07, 6.45) is 2.76. The van der Waals surface area contributed by atoms with Crippen LogP contribution in [0.2, 0.25) is 0 Å². The fourth-order valence-corrected chi connectivity index (χ4v) is 4.11. The Hall–Kier alpha value is -2.82. The summed E-state index contributed by atoms with van der Waals surface area (Å²) < 4.78 is 5.65. The van der Waals surface area contributed by atoms with E-state index in [9.17, 15) is 9.59 Å². The van der Waals surface area contributed by atoms with Crippen LogP contribution >= 0.6 is 0 Å². The second kappa shape index (κ2) is 10.5. The summed E-state index contributed by atoms with van der Waals surface area (Å²) in [4.78, 5) is 27.4. The van der Waals surface area contributed by atoms with Crippen LogP contribution < -0.4 is 10.1 Å². The molecular weight excluding hydrogens is 388 g/mol. The molecule has 0 aromatic heterocycles. The second-order valence-electron chi connectivity index (χ2n) is 9.07.